The van der Waals surface area contributed by atoms with Crippen molar-refractivity contribution in [3.8, 4) is 0 Å². The minimum Gasteiger partial charge on any atom is -0.465 e. The molecule has 26 heavy (non-hydrogen) atoms. The molecule has 0 saturated heterocycles. The molecule has 0 fully saturated rings. The molecule has 0 amide bonds. The van der Waals surface area contributed by atoms with Gasteiger partial charge in [0, 0.05) is 5.69 Å². The maximum Gasteiger partial charge on any atom is 0.338 e. The lowest BCUT2D eigenvalue weighted by Crippen LogP contribution is -2.16. The number of sulfonamides is 1. The molecular formula is C18H19NO6S. The number of esters is 2. The van der Waals surface area contributed by atoms with E-state index in [0.717, 1.165) is 0 Å². The molecule has 2 aromatic rings. The lowest BCUT2D eigenvalue weighted by molar-refractivity contribution is 0.0525. The Hall–Kier alpha value is -2.87. The molecule has 0 atom stereocenters. The summed E-state index contributed by atoms with van der Waals surface area (Å²) in [5, 5.41) is 0. The first-order valence-electron chi connectivity index (χ1n) is 7.77. The number of carbonyl (C=O) groups is 2. The monoisotopic (exact) mass is 377 g/mol. The predicted molar refractivity (Wildman–Crippen MR) is 95.7 cm³/mol. The number of nitrogens with one attached hydrogen (secondary N) is 1. The van der Waals surface area contributed by atoms with Crippen LogP contribution >= 0.6 is 0 Å². The molecule has 2 aromatic carbocycles. The molecule has 0 aliphatic rings. The second kappa shape index (κ2) is 8.01. The van der Waals surface area contributed by atoms with Crippen molar-refractivity contribution in [2.45, 2.75) is 18.7 Å². The van der Waals surface area contributed by atoms with E-state index in [1.807, 2.05) is 0 Å². The summed E-state index contributed by atoms with van der Waals surface area (Å²) in [6.07, 6.45) is 0. The summed E-state index contributed by atoms with van der Waals surface area (Å²) < 4.78 is 37.4. The number of hydrogen-bond acceptors (Lipinski definition) is 6. The molecule has 1 N–H and O–H groups in total. The van der Waals surface area contributed by atoms with Gasteiger partial charge in [0.25, 0.3) is 10.0 Å². The van der Waals surface area contributed by atoms with Crippen LogP contribution in [0.2, 0.25) is 0 Å². The number of benzene rings is 2. The predicted octanol–water partition coefficient (Wildman–Crippen LogP) is 2.76. The van der Waals surface area contributed by atoms with Gasteiger partial charge in [-0.15, -0.1) is 0 Å². The maximum absolute atomic E-state index is 12.7. The number of aryl methyl sites for hydroxylation is 1. The van der Waals surface area contributed by atoms with Crippen LogP contribution in [-0.4, -0.2) is 34.1 Å². The average molecular weight is 377 g/mol. The van der Waals surface area contributed by atoms with Crippen LogP contribution in [-0.2, 0) is 19.5 Å². The van der Waals surface area contributed by atoms with Crippen molar-refractivity contribution in [3.63, 3.8) is 0 Å². The van der Waals surface area contributed by atoms with Gasteiger partial charge in [-0.2, -0.15) is 0 Å². The standard InChI is InChI=1S/C18H19NO6S/c1-4-25-18(21)13-6-5-7-15(10-13)19-26(22,23)16-11-14(17(20)24-3)9-8-12(16)2/h5-11,19H,4H2,1-3H3. The van der Waals surface area contributed by atoms with E-state index in [1.54, 1.807) is 19.9 Å². The summed E-state index contributed by atoms with van der Waals surface area (Å²) >= 11 is 0. The lowest BCUT2D eigenvalue weighted by atomic mass is 10.1. The summed E-state index contributed by atoms with van der Waals surface area (Å²) in [6.45, 7) is 3.51. The number of hydrogen-bond donors (Lipinski definition) is 1. The molecule has 138 valence electrons. The number of anilines is 1. The van der Waals surface area contributed by atoms with E-state index in [2.05, 4.69) is 9.46 Å². The Morgan fingerprint density at radius 3 is 2.38 bits per heavy atom. The molecule has 0 aliphatic carbocycles. The quantitative estimate of drug-likeness (QED) is 0.777. The SMILES string of the molecule is CCOC(=O)c1cccc(NS(=O)(=O)c2cc(C(=O)OC)ccc2C)c1. The van der Waals surface area contributed by atoms with Crippen LogP contribution in [0.15, 0.2) is 47.4 Å². The van der Waals surface area contributed by atoms with E-state index in [9.17, 15) is 18.0 Å². The third kappa shape index (κ3) is 4.40. The van der Waals surface area contributed by atoms with Crippen LogP contribution in [0.1, 0.15) is 33.2 Å². The van der Waals surface area contributed by atoms with E-state index >= 15 is 0 Å². The first-order chi connectivity index (χ1) is 12.3. The van der Waals surface area contributed by atoms with Crippen LogP contribution < -0.4 is 4.72 Å². The third-order valence-electron chi connectivity index (χ3n) is 3.52. The zero-order valence-corrected chi connectivity index (χ0v) is 15.4. The van der Waals surface area contributed by atoms with Gasteiger partial charge in [-0.25, -0.2) is 18.0 Å². The van der Waals surface area contributed by atoms with Crippen LogP contribution in [0, 0.1) is 6.92 Å². The topological polar surface area (TPSA) is 98.8 Å². The molecule has 0 saturated carbocycles. The van der Waals surface area contributed by atoms with Gasteiger partial charge < -0.3 is 9.47 Å². The fraction of sp³-hybridized carbons (Fsp3) is 0.222. The van der Waals surface area contributed by atoms with Gasteiger partial charge in [0.15, 0.2) is 0 Å². The van der Waals surface area contributed by atoms with Crippen molar-refractivity contribution in [2.75, 3.05) is 18.4 Å². The highest BCUT2D eigenvalue weighted by Gasteiger charge is 2.20. The van der Waals surface area contributed by atoms with Crippen LogP contribution in [0.5, 0.6) is 0 Å². The minimum atomic E-state index is -3.97. The van der Waals surface area contributed by atoms with Crippen molar-refractivity contribution >= 4 is 27.6 Å². The second-order valence-electron chi connectivity index (χ2n) is 5.38. The lowest BCUT2D eigenvalue weighted by Gasteiger charge is -2.12. The minimum absolute atomic E-state index is 0.0538. The summed E-state index contributed by atoms with van der Waals surface area (Å²) in [4.78, 5) is 23.4. The van der Waals surface area contributed by atoms with Crippen LogP contribution in [0.4, 0.5) is 5.69 Å². The Labute approximate surface area is 152 Å². The van der Waals surface area contributed by atoms with Crippen molar-refractivity contribution in [1.29, 1.82) is 0 Å². The van der Waals surface area contributed by atoms with Crippen LogP contribution in [0.25, 0.3) is 0 Å². The van der Waals surface area contributed by atoms with Crippen molar-refractivity contribution in [1.82, 2.24) is 0 Å². The van der Waals surface area contributed by atoms with Crippen LogP contribution in [0.3, 0.4) is 0 Å². The maximum atomic E-state index is 12.7. The summed E-state index contributed by atoms with van der Waals surface area (Å²) in [5.74, 6) is -1.18. The summed E-state index contributed by atoms with van der Waals surface area (Å²) in [6, 6.07) is 10.2. The van der Waals surface area contributed by atoms with E-state index < -0.39 is 22.0 Å². The van der Waals surface area contributed by atoms with E-state index in [-0.39, 0.29) is 28.3 Å². The van der Waals surface area contributed by atoms with Crippen molar-refractivity contribution in [2.24, 2.45) is 0 Å². The molecule has 0 heterocycles. The molecule has 2 rings (SSSR count). The highest BCUT2D eigenvalue weighted by Crippen LogP contribution is 2.22. The Kier molecular flexibility index (Phi) is 5.99. The Morgan fingerprint density at radius 1 is 1.04 bits per heavy atom. The molecule has 0 spiro atoms. The number of rotatable bonds is 6. The number of carbonyl (C=O) groups excluding carboxylic acids is 2. The number of methoxy groups -OCH3 is 1. The van der Waals surface area contributed by atoms with Gasteiger partial charge in [0.2, 0.25) is 0 Å². The fourth-order valence-electron chi connectivity index (χ4n) is 2.27. The van der Waals surface area contributed by atoms with Gasteiger partial charge in [-0.3, -0.25) is 4.72 Å². The molecule has 0 radical (unpaired) electrons. The molecule has 0 aromatic heterocycles. The third-order valence-corrected chi connectivity index (χ3v) is 5.05. The zero-order valence-electron chi connectivity index (χ0n) is 14.6. The molecule has 0 bridgehead atoms. The first-order valence-corrected chi connectivity index (χ1v) is 9.25. The molecule has 8 heteroatoms. The summed E-state index contributed by atoms with van der Waals surface area (Å²) in [7, 11) is -2.76. The molecule has 0 aliphatic heterocycles. The van der Waals surface area contributed by atoms with Gasteiger partial charge >= 0.3 is 11.9 Å². The largest absolute Gasteiger partial charge is 0.465 e. The second-order valence-corrected chi connectivity index (χ2v) is 7.03. The van der Waals surface area contributed by atoms with E-state index in [1.165, 1.54) is 43.5 Å². The van der Waals surface area contributed by atoms with Gasteiger partial charge in [-0.1, -0.05) is 12.1 Å². The Balaban J connectivity index is 2.36. The smallest absolute Gasteiger partial charge is 0.338 e. The van der Waals surface area contributed by atoms with Gasteiger partial charge in [-0.05, 0) is 49.7 Å². The first kappa shape index (κ1) is 19.5. The van der Waals surface area contributed by atoms with Gasteiger partial charge in [0.1, 0.15) is 0 Å². The molecular weight excluding hydrogens is 358 g/mol. The number of ether oxygens (including phenoxy) is 2. The Morgan fingerprint density at radius 2 is 1.73 bits per heavy atom. The average Bonchev–Trinajstić information content (AvgIpc) is 2.61. The normalized spacial score (nSPS) is 10.9. The fourth-order valence-corrected chi connectivity index (χ4v) is 3.59. The molecule has 0 unspecified atom stereocenters. The van der Waals surface area contributed by atoms with Crippen molar-refractivity contribution < 1.29 is 27.5 Å². The summed E-state index contributed by atoms with van der Waals surface area (Å²) in [5.41, 5.74) is 1.02. The van der Waals surface area contributed by atoms with Gasteiger partial charge in [0.05, 0.1) is 29.7 Å². The highest BCUT2D eigenvalue weighted by molar-refractivity contribution is 7.92. The van der Waals surface area contributed by atoms with E-state index in [4.69, 9.17) is 4.74 Å². The Bertz CT molecular complexity index is 936. The zero-order chi connectivity index (χ0) is 19.3. The van der Waals surface area contributed by atoms with Crippen molar-refractivity contribution in [3.05, 3.63) is 59.2 Å². The molecule has 7 nitrogen and oxygen atoms in total. The highest BCUT2D eigenvalue weighted by atomic mass is 32.2. The van der Waals surface area contributed by atoms with E-state index in [0.29, 0.717) is 5.56 Å².